The highest BCUT2D eigenvalue weighted by molar-refractivity contribution is 5.29. The maximum absolute atomic E-state index is 5.55. The molecule has 0 radical (unpaired) electrons. The van der Waals surface area contributed by atoms with Gasteiger partial charge >= 0.3 is 0 Å². The summed E-state index contributed by atoms with van der Waals surface area (Å²) in [5.41, 5.74) is 0. The highest BCUT2D eigenvalue weighted by atomic mass is 16.5. The molecule has 1 heterocycles. The van der Waals surface area contributed by atoms with E-state index in [-0.39, 0.29) is 0 Å². The molecule has 4 heteroatoms. The maximum atomic E-state index is 5.55. The zero-order valence-electron chi connectivity index (χ0n) is 12.1. The molecule has 19 heavy (non-hydrogen) atoms. The van der Waals surface area contributed by atoms with Crippen LogP contribution in [0.4, 0.5) is 5.95 Å². The first-order valence-corrected chi connectivity index (χ1v) is 7.52. The fraction of sp³-hybridized carbons (Fsp3) is 0.733. The molecular formula is C15H25N3O. The molecule has 106 valence electrons. The molecule has 2 atom stereocenters. The Bertz CT molecular complexity index is 383. The van der Waals surface area contributed by atoms with Crippen LogP contribution in [0, 0.1) is 5.92 Å². The molecular weight excluding hydrogens is 238 g/mol. The summed E-state index contributed by atoms with van der Waals surface area (Å²) in [5, 5.41) is 3.49. The van der Waals surface area contributed by atoms with Gasteiger partial charge in [0.05, 0.1) is 6.61 Å². The molecule has 1 aromatic rings. The molecule has 1 N–H and O–H groups in total. The third-order valence-corrected chi connectivity index (χ3v) is 3.76. The van der Waals surface area contributed by atoms with E-state index >= 15 is 0 Å². The summed E-state index contributed by atoms with van der Waals surface area (Å²) < 4.78 is 5.55. The van der Waals surface area contributed by atoms with Crippen molar-refractivity contribution in [2.24, 2.45) is 5.92 Å². The molecule has 4 nitrogen and oxygen atoms in total. The lowest BCUT2D eigenvalue weighted by Crippen LogP contribution is -2.27. The van der Waals surface area contributed by atoms with Crippen molar-refractivity contribution in [2.75, 3.05) is 11.9 Å². The van der Waals surface area contributed by atoms with Gasteiger partial charge in [0.1, 0.15) is 0 Å². The van der Waals surface area contributed by atoms with Crippen molar-refractivity contribution < 1.29 is 4.74 Å². The van der Waals surface area contributed by atoms with Gasteiger partial charge in [-0.1, -0.05) is 33.1 Å². The van der Waals surface area contributed by atoms with Crippen molar-refractivity contribution in [1.82, 2.24) is 9.97 Å². The van der Waals surface area contributed by atoms with E-state index < -0.39 is 0 Å². The number of nitrogens with zero attached hydrogens (tertiary/aromatic N) is 2. The second-order valence-corrected chi connectivity index (χ2v) is 5.43. The smallest absolute Gasteiger partial charge is 0.226 e. The summed E-state index contributed by atoms with van der Waals surface area (Å²) in [6.45, 7) is 5.12. The number of hydrogen-bond acceptors (Lipinski definition) is 4. The molecule has 1 aromatic heterocycles. The summed E-state index contributed by atoms with van der Waals surface area (Å²) in [7, 11) is 0. The van der Waals surface area contributed by atoms with Crippen LogP contribution in [0.2, 0.25) is 0 Å². The predicted octanol–water partition coefficient (Wildman–Crippen LogP) is 3.65. The van der Waals surface area contributed by atoms with E-state index in [0.717, 1.165) is 6.42 Å². The lowest BCUT2D eigenvalue weighted by atomic mass is 9.97. The maximum Gasteiger partial charge on any atom is 0.226 e. The summed E-state index contributed by atoms with van der Waals surface area (Å²) in [6.07, 6.45) is 9.26. The second kappa shape index (κ2) is 7.31. The monoisotopic (exact) mass is 263 g/mol. The van der Waals surface area contributed by atoms with Crippen molar-refractivity contribution in [1.29, 1.82) is 0 Å². The van der Waals surface area contributed by atoms with Gasteiger partial charge in [-0.15, -0.1) is 0 Å². The highest BCUT2D eigenvalue weighted by Crippen LogP contribution is 2.25. The third-order valence-electron chi connectivity index (χ3n) is 3.76. The van der Waals surface area contributed by atoms with E-state index in [1.807, 2.05) is 6.07 Å². The quantitative estimate of drug-likeness (QED) is 0.824. The molecule has 1 saturated carbocycles. The number of rotatable bonds is 5. The first-order chi connectivity index (χ1) is 9.29. The Morgan fingerprint density at radius 2 is 2.16 bits per heavy atom. The molecule has 0 bridgehead atoms. The van der Waals surface area contributed by atoms with Crippen LogP contribution in [-0.2, 0) is 0 Å². The first kappa shape index (κ1) is 14.1. The van der Waals surface area contributed by atoms with Crippen LogP contribution in [0.3, 0.4) is 0 Å². The van der Waals surface area contributed by atoms with Gasteiger partial charge < -0.3 is 10.1 Å². The minimum absolute atomic E-state index is 0.490. The predicted molar refractivity (Wildman–Crippen MR) is 77.5 cm³/mol. The van der Waals surface area contributed by atoms with E-state index in [1.54, 1.807) is 6.20 Å². The number of aromatic nitrogens is 2. The standard InChI is InChI=1S/C15H25N3O/c1-3-11-19-14-9-10-16-15(18-14)17-13-8-6-4-5-7-12(13)2/h9-10,12-13H,3-8,11H2,1-2H3,(H,16,17,18). The molecule has 0 amide bonds. The topological polar surface area (TPSA) is 47.0 Å². The van der Waals surface area contributed by atoms with Crippen LogP contribution < -0.4 is 10.1 Å². The van der Waals surface area contributed by atoms with Crippen molar-refractivity contribution in [3.63, 3.8) is 0 Å². The Morgan fingerprint density at radius 3 is 3.00 bits per heavy atom. The fourth-order valence-electron chi connectivity index (χ4n) is 2.57. The summed E-state index contributed by atoms with van der Waals surface area (Å²) in [4.78, 5) is 8.73. The number of nitrogens with one attached hydrogen (secondary N) is 1. The van der Waals surface area contributed by atoms with Crippen LogP contribution in [0.5, 0.6) is 5.88 Å². The van der Waals surface area contributed by atoms with E-state index in [2.05, 4.69) is 29.1 Å². The van der Waals surface area contributed by atoms with E-state index in [1.165, 1.54) is 32.1 Å². The minimum Gasteiger partial charge on any atom is -0.478 e. The first-order valence-electron chi connectivity index (χ1n) is 7.52. The summed E-state index contributed by atoms with van der Waals surface area (Å²) in [6, 6.07) is 2.31. The molecule has 1 aliphatic rings. The van der Waals surface area contributed by atoms with Crippen molar-refractivity contribution in [3.8, 4) is 5.88 Å². The molecule has 0 spiro atoms. The zero-order valence-corrected chi connectivity index (χ0v) is 12.1. The van der Waals surface area contributed by atoms with Crippen LogP contribution >= 0.6 is 0 Å². The van der Waals surface area contributed by atoms with Gasteiger partial charge in [0, 0.05) is 18.3 Å². The molecule has 1 fully saturated rings. The van der Waals surface area contributed by atoms with E-state index in [4.69, 9.17) is 4.74 Å². The van der Waals surface area contributed by atoms with E-state index in [9.17, 15) is 0 Å². The van der Waals surface area contributed by atoms with Gasteiger partial charge in [-0.05, 0) is 25.2 Å². The molecule has 0 aromatic carbocycles. The lowest BCUT2D eigenvalue weighted by Gasteiger charge is -2.22. The lowest BCUT2D eigenvalue weighted by molar-refractivity contribution is 0.305. The number of anilines is 1. The Labute approximate surface area is 116 Å². The van der Waals surface area contributed by atoms with Gasteiger partial charge in [0.15, 0.2) is 0 Å². The molecule has 0 saturated heterocycles. The van der Waals surface area contributed by atoms with Gasteiger partial charge in [-0.2, -0.15) is 4.98 Å². The van der Waals surface area contributed by atoms with Gasteiger partial charge in [0.25, 0.3) is 0 Å². The Balaban J connectivity index is 1.97. The molecule has 1 aliphatic carbocycles. The fourth-order valence-corrected chi connectivity index (χ4v) is 2.57. The van der Waals surface area contributed by atoms with Gasteiger partial charge in [-0.3, -0.25) is 0 Å². The van der Waals surface area contributed by atoms with Gasteiger partial charge in [-0.25, -0.2) is 4.98 Å². The second-order valence-electron chi connectivity index (χ2n) is 5.43. The Morgan fingerprint density at radius 1 is 1.32 bits per heavy atom. The SMILES string of the molecule is CCCOc1ccnc(NC2CCCCCC2C)n1. The van der Waals surface area contributed by atoms with Crippen LogP contribution in [0.15, 0.2) is 12.3 Å². The average Bonchev–Trinajstić information content (AvgIpc) is 2.62. The summed E-state index contributed by atoms with van der Waals surface area (Å²) in [5.74, 6) is 2.05. The largest absolute Gasteiger partial charge is 0.478 e. The van der Waals surface area contributed by atoms with Crippen LogP contribution in [-0.4, -0.2) is 22.6 Å². The Hall–Kier alpha value is -1.32. The third kappa shape index (κ3) is 4.37. The molecule has 2 rings (SSSR count). The average molecular weight is 263 g/mol. The number of ether oxygens (including phenoxy) is 1. The zero-order chi connectivity index (χ0) is 13.5. The van der Waals surface area contributed by atoms with Crippen molar-refractivity contribution >= 4 is 5.95 Å². The highest BCUT2D eigenvalue weighted by Gasteiger charge is 2.20. The van der Waals surface area contributed by atoms with Crippen LogP contribution in [0.1, 0.15) is 52.4 Å². The van der Waals surface area contributed by atoms with E-state index in [0.29, 0.717) is 30.4 Å². The van der Waals surface area contributed by atoms with Crippen molar-refractivity contribution in [3.05, 3.63) is 12.3 Å². The Kier molecular flexibility index (Phi) is 5.43. The molecule has 0 aliphatic heterocycles. The van der Waals surface area contributed by atoms with Crippen molar-refractivity contribution in [2.45, 2.75) is 58.4 Å². The van der Waals surface area contributed by atoms with Crippen LogP contribution in [0.25, 0.3) is 0 Å². The van der Waals surface area contributed by atoms with Gasteiger partial charge in [0.2, 0.25) is 11.8 Å². The normalized spacial score (nSPS) is 23.7. The number of hydrogen-bond donors (Lipinski definition) is 1. The summed E-state index contributed by atoms with van der Waals surface area (Å²) >= 11 is 0. The molecule has 2 unspecified atom stereocenters. The minimum atomic E-state index is 0.490.